The van der Waals surface area contributed by atoms with E-state index in [0.29, 0.717) is 6.07 Å². The first kappa shape index (κ1) is 13.8. The van der Waals surface area contributed by atoms with Gasteiger partial charge in [-0.2, -0.15) is 4.39 Å². The van der Waals surface area contributed by atoms with E-state index in [9.17, 15) is 18.0 Å². The number of ether oxygens (including phenoxy) is 1. The molecule has 0 aromatic carbocycles. The van der Waals surface area contributed by atoms with E-state index in [-0.39, 0.29) is 12.2 Å². The minimum atomic E-state index is -2.94. The Morgan fingerprint density at radius 1 is 1.59 bits per heavy atom. The lowest BCUT2D eigenvalue weighted by Gasteiger charge is -2.09. The molecule has 0 saturated heterocycles. The zero-order valence-corrected chi connectivity index (χ0v) is 9.60. The predicted octanol–water partition coefficient (Wildman–Crippen LogP) is 2.92. The third-order valence-corrected chi connectivity index (χ3v) is 2.25. The number of halogens is 4. The van der Waals surface area contributed by atoms with Crippen molar-refractivity contribution in [3.05, 3.63) is 28.3 Å². The minimum absolute atomic E-state index is 0.120. The summed E-state index contributed by atoms with van der Waals surface area (Å²) in [6.07, 6.45) is -3.39. The largest absolute Gasteiger partial charge is 0.466 e. The van der Waals surface area contributed by atoms with Gasteiger partial charge in [0.2, 0.25) is 5.95 Å². The van der Waals surface area contributed by atoms with Gasteiger partial charge in [-0.3, -0.25) is 4.79 Å². The number of esters is 1. The third kappa shape index (κ3) is 3.59. The number of nitrogens with zero attached hydrogens (tertiary/aromatic N) is 1. The highest BCUT2D eigenvalue weighted by Crippen LogP contribution is 2.28. The molecule has 1 aromatic heterocycles. The molecular weight excluding hydrogens is 259 g/mol. The van der Waals surface area contributed by atoms with Gasteiger partial charge in [-0.25, -0.2) is 13.8 Å². The molecule has 0 aliphatic heterocycles. The lowest BCUT2D eigenvalue weighted by Crippen LogP contribution is -2.11. The molecule has 0 atom stereocenters. The first-order valence-electron chi connectivity index (χ1n) is 4.74. The monoisotopic (exact) mass is 267 g/mol. The molecule has 0 saturated carbocycles. The van der Waals surface area contributed by atoms with E-state index < -0.39 is 35.5 Å². The second kappa shape index (κ2) is 5.86. The van der Waals surface area contributed by atoms with E-state index in [2.05, 4.69) is 9.72 Å². The Bertz CT molecular complexity index is 426. The number of hydrogen-bond donors (Lipinski definition) is 0. The Labute approximate surface area is 101 Å². The fourth-order valence-electron chi connectivity index (χ4n) is 1.25. The lowest BCUT2D eigenvalue weighted by atomic mass is 10.1. The summed E-state index contributed by atoms with van der Waals surface area (Å²) in [5.41, 5.74) is -0.850. The van der Waals surface area contributed by atoms with Gasteiger partial charge in [0.1, 0.15) is 5.15 Å². The van der Waals surface area contributed by atoms with E-state index in [0.717, 1.165) is 0 Å². The van der Waals surface area contributed by atoms with Gasteiger partial charge in [0, 0.05) is 17.2 Å². The molecule has 0 fully saturated rings. The van der Waals surface area contributed by atoms with Crippen LogP contribution in [-0.2, 0) is 16.0 Å². The quantitative estimate of drug-likeness (QED) is 0.622. The number of carbonyl (C=O) groups is 1. The highest BCUT2D eigenvalue weighted by Gasteiger charge is 2.21. The Kier molecular flexibility index (Phi) is 4.74. The van der Waals surface area contributed by atoms with Gasteiger partial charge in [-0.15, -0.1) is 0 Å². The van der Waals surface area contributed by atoms with Crippen LogP contribution in [0, 0.1) is 5.95 Å². The molecule has 0 amide bonds. The van der Waals surface area contributed by atoms with Crippen molar-refractivity contribution in [3.8, 4) is 0 Å². The molecule has 0 aliphatic rings. The zero-order chi connectivity index (χ0) is 13.0. The number of alkyl halides is 2. The standard InChI is InChI=1S/C10H9ClF3NO2/c1-2-17-8(16)4-5-6(10(13)14)3-7(12)15-9(5)11/h3,10H,2,4H2,1H3. The molecule has 17 heavy (non-hydrogen) atoms. The van der Waals surface area contributed by atoms with Crippen LogP contribution in [0.5, 0.6) is 0 Å². The summed E-state index contributed by atoms with van der Waals surface area (Å²) in [6.45, 7) is 1.70. The summed E-state index contributed by atoms with van der Waals surface area (Å²) >= 11 is 5.53. The van der Waals surface area contributed by atoms with Gasteiger partial charge in [0.05, 0.1) is 13.0 Å². The van der Waals surface area contributed by atoms with Gasteiger partial charge in [-0.05, 0) is 6.92 Å². The summed E-state index contributed by atoms with van der Waals surface area (Å²) in [4.78, 5) is 14.4. The van der Waals surface area contributed by atoms with Crippen LogP contribution in [0.25, 0.3) is 0 Å². The van der Waals surface area contributed by atoms with Crippen molar-refractivity contribution in [2.24, 2.45) is 0 Å². The summed E-state index contributed by atoms with van der Waals surface area (Å²) in [6, 6.07) is 0.561. The molecule has 1 aromatic rings. The van der Waals surface area contributed by atoms with E-state index in [1.807, 2.05) is 0 Å². The fraction of sp³-hybridized carbons (Fsp3) is 0.400. The second-order valence-corrected chi connectivity index (χ2v) is 3.44. The van der Waals surface area contributed by atoms with Crippen LogP contribution in [0.2, 0.25) is 5.15 Å². The molecule has 7 heteroatoms. The van der Waals surface area contributed by atoms with Gasteiger partial charge in [0.15, 0.2) is 0 Å². The van der Waals surface area contributed by atoms with Crippen molar-refractivity contribution in [1.82, 2.24) is 4.98 Å². The Hall–Kier alpha value is -1.30. The molecule has 0 unspecified atom stereocenters. The molecular formula is C10H9ClF3NO2. The van der Waals surface area contributed by atoms with Crippen molar-refractivity contribution in [2.75, 3.05) is 6.61 Å². The van der Waals surface area contributed by atoms with Crippen molar-refractivity contribution in [1.29, 1.82) is 0 Å². The van der Waals surface area contributed by atoms with Gasteiger partial charge in [0.25, 0.3) is 6.43 Å². The predicted molar refractivity (Wildman–Crippen MR) is 54.5 cm³/mol. The van der Waals surface area contributed by atoms with Gasteiger partial charge < -0.3 is 4.74 Å². The molecule has 1 rings (SSSR count). The highest BCUT2D eigenvalue weighted by atomic mass is 35.5. The van der Waals surface area contributed by atoms with E-state index in [1.165, 1.54) is 0 Å². The maximum atomic E-state index is 12.8. The molecule has 0 radical (unpaired) electrons. The summed E-state index contributed by atoms with van der Waals surface area (Å²) in [5, 5.41) is -0.451. The SMILES string of the molecule is CCOC(=O)Cc1c(C(F)F)cc(F)nc1Cl. The van der Waals surface area contributed by atoms with Crippen LogP contribution in [-0.4, -0.2) is 17.6 Å². The smallest absolute Gasteiger partial charge is 0.310 e. The molecule has 0 N–H and O–H groups in total. The number of rotatable bonds is 4. The maximum absolute atomic E-state index is 12.8. The van der Waals surface area contributed by atoms with Crippen LogP contribution in [0.4, 0.5) is 13.2 Å². The van der Waals surface area contributed by atoms with Gasteiger partial charge in [-0.1, -0.05) is 11.6 Å². The normalized spacial score (nSPS) is 10.7. The van der Waals surface area contributed by atoms with Crippen LogP contribution >= 0.6 is 11.6 Å². The minimum Gasteiger partial charge on any atom is -0.466 e. The number of pyridine rings is 1. The topological polar surface area (TPSA) is 39.2 Å². The zero-order valence-electron chi connectivity index (χ0n) is 8.84. The van der Waals surface area contributed by atoms with Gasteiger partial charge >= 0.3 is 5.97 Å². The first-order valence-corrected chi connectivity index (χ1v) is 5.12. The number of aromatic nitrogens is 1. The molecule has 1 heterocycles. The Morgan fingerprint density at radius 3 is 2.76 bits per heavy atom. The van der Waals surface area contributed by atoms with Crippen molar-refractivity contribution in [3.63, 3.8) is 0 Å². The van der Waals surface area contributed by atoms with E-state index in [1.54, 1.807) is 6.92 Å². The molecule has 94 valence electrons. The molecule has 0 spiro atoms. The van der Waals surface area contributed by atoms with Crippen LogP contribution in [0.15, 0.2) is 6.07 Å². The molecule has 3 nitrogen and oxygen atoms in total. The van der Waals surface area contributed by atoms with Crippen molar-refractivity contribution in [2.45, 2.75) is 19.8 Å². The Balaban J connectivity index is 3.08. The average Bonchev–Trinajstić information content (AvgIpc) is 2.21. The van der Waals surface area contributed by atoms with Crippen LogP contribution < -0.4 is 0 Å². The summed E-state index contributed by atoms with van der Waals surface area (Å²) < 4.78 is 42.6. The summed E-state index contributed by atoms with van der Waals surface area (Å²) in [7, 11) is 0. The van der Waals surface area contributed by atoms with Crippen molar-refractivity contribution < 1.29 is 22.7 Å². The van der Waals surface area contributed by atoms with Crippen molar-refractivity contribution >= 4 is 17.6 Å². The second-order valence-electron chi connectivity index (χ2n) is 3.09. The highest BCUT2D eigenvalue weighted by molar-refractivity contribution is 6.30. The van der Waals surface area contributed by atoms with Crippen LogP contribution in [0.1, 0.15) is 24.5 Å². The maximum Gasteiger partial charge on any atom is 0.310 e. The first-order chi connectivity index (χ1) is 7.95. The summed E-state index contributed by atoms with van der Waals surface area (Å²) in [5.74, 6) is -1.83. The van der Waals surface area contributed by atoms with Crippen LogP contribution in [0.3, 0.4) is 0 Å². The number of hydrogen-bond acceptors (Lipinski definition) is 3. The average molecular weight is 268 g/mol. The Morgan fingerprint density at radius 2 is 2.24 bits per heavy atom. The number of carbonyl (C=O) groups excluding carboxylic acids is 1. The van der Waals surface area contributed by atoms with E-state index >= 15 is 0 Å². The van der Waals surface area contributed by atoms with E-state index in [4.69, 9.17) is 11.6 Å². The lowest BCUT2D eigenvalue weighted by molar-refractivity contribution is -0.142. The molecule has 0 aliphatic carbocycles. The third-order valence-electron chi connectivity index (χ3n) is 1.94. The fourth-order valence-corrected chi connectivity index (χ4v) is 1.51. The molecule has 0 bridgehead atoms.